The first-order valence-electron chi connectivity index (χ1n) is 10.9. The van der Waals surface area contributed by atoms with Crippen LogP contribution in [0.4, 0.5) is 11.4 Å². The Hall–Kier alpha value is -3.63. The molecule has 0 fully saturated rings. The van der Waals surface area contributed by atoms with Gasteiger partial charge in [0.15, 0.2) is 0 Å². The number of likely N-dealkylation sites (N-methyl/N-ethyl adjacent to an activating group) is 1. The van der Waals surface area contributed by atoms with E-state index in [9.17, 15) is 9.90 Å². The molecule has 0 amide bonds. The summed E-state index contributed by atoms with van der Waals surface area (Å²) in [6, 6.07) is 25.9. The second-order valence-electron chi connectivity index (χ2n) is 7.99. The van der Waals surface area contributed by atoms with E-state index in [0.29, 0.717) is 6.54 Å². The highest BCUT2D eigenvalue weighted by atomic mass is 16.4. The van der Waals surface area contributed by atoms with Crippen molar-refractivity contribution in [1.29, 1.82) is 0 Å². The number of carboxylic acids is 1. The van der Waals surface area contributed by atoms with Gasteiger partial charge in [0, 0.05) is 24.5 Å². The zero-order chi connectivity index (χ0) is 22.3. The van der Waals surface area contributed by atoms with Crippen LogP contribution in [0.15, 0.2) is 84.9 Å². The predicted octanol–water partition coefficient (Wildman–Crippen LogP) is 5.80. The van der Waals surface area contributed by atoms with Crippen molar-refractivity contribution in [1.82, 2.24) is 4.90 Å². The summed E-state index contributed by atoms with van der Waals surface area (Å²) in [5.74, 6) is -0.839. The third-order valence-corrected chi connectivity index (χ3v) is 5.79. The van der Waals surface area contributed by atoms with Gasteiger partial charge >= 0.3 is 5.97 Å². The van der Waals surface area contributed by atoms with E-state index in [4.69, 9.17) is 0 Å². The molecule has 1 N–H and O–H groups in total. The summed E-state index contributed by atoms with van der Waals surface area (Å²) < 4.78 is 0. The number of benzene rings is 3. The van der Waals surface area contributed by atoms with Crippen LogP contribution in [-0.4, -0.2) is 42.2 Å². The molecule has 0 bridgehead atoms. The minimum Gasteiger partial charge on any atom is -0.480 e. The maximum absolute atomic E-state index is 11.9. The lowest BCUT2D eigenvalue weighted by Crippen LogP contribution is -2.38. The Morgan fingerprint density at radius 3 is 2.06 bits per heavy atom. The molecular formula is C28H28N2O2. The number of anilines is 2. The van der Waals surface area contributed by atoms with Gasteiger partial charge < -0.3 is 10.0 Å². The molecule has 4 heteroatoms. The van der Waals surface area contributed by atoms with Crippen LogP contribution in [-0.2, 0) is 4.79 Å². The van der Waals surface area contributed by atoms with Gasteiger partial charge in [-0.2, -0.15) is 0 Å². The van der Waals surface area contributed by atoms with E-state index in [2.05, 4.69) is 65.6 Å². The number of para-hydroxylation sites is 2. The van der Waals surface area contributed by atoms with Crippen molar-refractivity contribution in [2.75, 3.05) is 25.0 Å². The Labute approximate surface area is 189 Å². The van der Waals surface area contributed by atoms with Gasteiger partial charge in [-0.1, -0.05) is 91.0 Å². The maximum Gasteiger partial charge on any atom is 0.324 e. The minimum absolute atomic E-state index is 0.666. The van der Waals surface area contributed by atoms with Crippen molar-refractivity contribution in [3.05, 3.63) is 102 Å². The summed E-state index contributed by atoms with van der Waals surface area (Å²) in [5, 5.41) is 9.76. The number of carbonyl (C=O) groups is 1. The molecule has 0 aliphatic carbocycles. The van der Waals surface area contributed by atoms with Crippen LogP contribution < -0.4 is 4.90 Å². The minimum atomic E-state index is -0.839. The topological polar surface area (TPSA) is 43.8 Å². The molecule has 3 aromatic rings. The second kappa shape index (κ2) is 10.1. The zero-order valence-electron chi connectivity index (χ0n) is 18.3. The summed E-state index contributed by atoms with van der Waals surface area (Å²) in [4.78, 5) is 16.1. The quantitative estimate of drug-likeness (QED) is 0.497. The van der Waals surface area contributed by atoms with Crippen molar-refractivity contribution in [3.63, 3.8) is 0 Å². The Kier molecular flexibility index (Phi) is 6.83. The van der Waals surface area contributed by atoms with E-state index < -0.39 is 12.0 Å². The first-order chi connectivity index (χ1) is 15.6. The lowest BCUT2D eigenvalue weighted by atomic mass is 10.1. The average molecular weight is 425 g/mol. The molecule has 1 heterocycles. The molecular weight excluding hydrogens is 396 g/mol. The molecule has 32 heavy (non-hydrogen) atoms. The fourth-order valence-corrected chi connectivity index (χ4v) is 4.10. The molecule has 0 spiro atoms. The van der Waals surface area contributed by atoms with Gasteiger partial charge in [0.2, 0.25) is 0 Å². The highest BCUT2D eigenvalue weighted by Gasteiger charge is 2.21. The first kappa shape index (κ1) is 21.6. The predicted molar refractivity (Wildman–Crippen MR) is 133 cm³/mol. The Morgan fingerprint density at radius 1 is 0.906 bits per heavy atom. The van der Waals surface area contributed by atoms with Crippen LogP contribution >= 0.6 is 0 Å². The molecule has 1 aliphatic heterocycles. The van der Waals surface area contributed by atoms with Crippen LogP contribution in [0.1, 0.15) is 23.1 Å². The van der Waals surface area contributed by atoms with E-state index >= 15 is 0 Å². The summed E-state index contributed by atoms with van der Waals surface area (Å²) >= 11 is 0. The zero-order valence-corrected chi connectivity index (χ0v) is 18.3. The molecule has 0 saturated carbocycles. The largest absolute Gasteiger partial charge is 0.480 e. The molecule has 1 unspecified atom stereocenters. The summed E-state index contributed by atoms with van der Waals surface area (Å²) in [5.41, 5.74) is 5.72. The smallest absolute Gasteiger partial charge is 0.324 e. The Morgan fingerprint density at radius 2 is 1.47 bits per heavy atom. The van der Waals surface area contributed by atoms with E-state index in [1.54, 1.807) is 6.08 Å². The van der Waals surface area contributed by atoms with Gasteiger partial charge in [0.05, 0.1) is 0 Å². The van der Waals surface area contributed by atoms with Crippen molar-refractivity contribution in [2.24, 2.45) is 0 Å². The van der Waals surface area contributed by atoms with Crippen LogP contribution in [0.25, 0.3) is 18.2 Å². The summed E-state index contributed by atoms with van der Waals surface area (Å²) in [6.07, 6.45) is 8.80. The van der Waals surface area contributed by atoms with Gasteiger partial charge in [-0.3, -0.25) is 9.69 Å². The van der Waals surface area contributed by atoms with Crippen molar-refractivity contribution < 1.29 is 9.90 Å². The van der Waals surface area contributed by atoms with Crippen LogP contribution in [0.3, 0.4) is 0 Å². The van der Waals surface area contributed by atoms with Crippen molar-refractivity contribution in [3.8, 4) is 0 Å². The number of fused-ring (bicyclic) bond motifs is 2. The average Bonchev–Trinajstić information content (AvgIpc) is 2.97. The lowest BCUT2D eigenvalue weighted by Gasteiger charge is -2.28. The molecule has 3 aromatic carbocycles. The number of aliphatic carboxylic acids is 1. The number of hydrogen-bond donors (Lipinski definition) is 1. The highest BCUT2D eigenvalue weighted by Crippen LogP contribution is 2.36. The number of hydrogen-bond acceptors (Lipinski definition) is 3. The van der Waals surface area contributed by atoms with E-state index in [0.717, 1.165) is 18.5 Å². The molecule has 4 rings (SSSR count). The highest BCUT2D eigenvalue weighted by molar-refractivity contribution is 5.88. The van der Waals surface area contributed by atoms with Crippen LogP contribution in [0.5, 0.6) is 0 Å². The molecule has 0 saturated heterocycles. The maximum atomic E-state index is 11.9. The molecule has 4 nitrogen and oxygen atoms in total. The summed E-state index contributed by atoms with van der Waals surface area (Å²) in [6.45, 7) is 1.47. The molecule has 0 aromatic heterocycles. The third-order valence-electron chi connectivity index (χ3n) is 5.79. The molecule has 1 aliphatic rings. The van der Waals surface area contributed by atoms with Gasteiger partial charge in [-0.25, -0.2) is 0 Å². The molecule has 0 radical (unpaired) electrons. The Bertz CT molecular complexity index is 1070. The van der Waals surface area contributed by atoms with Gasteiger partial charge in [-0.15, -0.1) is 0 Å². The SMILES string of the molecule is CN(CCCN1c2ccccc2C=Cc2ccccc21)C(/C=C/c1ccccc1)C(=O)O. The monoisotopic (exact) mass is 424 g/mol. The lowest BCUT2D eigenvalue weighted by molar-refractivity contribution is -0.140. The second-order valence-corrected chi connectivity index (χ2v) is 7.99. The van der Waals surface area contributed by atoms with E-state index in [1.807, 2.05) is 48.4 Å². The van der Waals surface area contributed by atoms with Gasteiger partial charge in [-0.05, 0) is 42.3 Å². The van der Waals surface area contributed by atoms with E-state index in [-0.39, 0.29) is 0 Å². The number of rotatable bonds is 8. The van der Waals surface area contributed by atoms with Crippen molar-refractivity contribution >= 4 is 35.6 Å². The third kappa shape index (κ3) is 4.98. The fourth-order valence-electron chi connectivity index (χ4n) is 4.10. The van der Waals surface area contributed by atoms with Gasteiger partial charge in [0.25, 0.3) is 0 Å². The first-order valence-corrected chi connectivity index (χ1v) is 10.9. The van der Waals surface area contributed by atoms with Gasteiger partial charge in [0.1, 0.15) is 6.04 Å². The molecule has 162 valence electrons. The van der Waals surface area contributed by atoms with Crippen LogP contribution in [0.2, 0.25) is 0 Å². The summed E-state index contributed by atoms with van der Waals surface area (Å²) in [7, 11) is 1.87. The normalized spacial score (nSPS) is 13.6. The van der Waals surface area contributed by atoms with E-state index in [1.165, 1.54) is 22.5 Å². The van der Waals surface area contributed by atoms with Crippen LogP contribution in [0, 0.1) is 0 Å². The Balaban J connectivity index is 1.47. The fraction of sp³-hybridized carbons (Fsp3) is 0.179. The standard InChI is InChI=1S/C28H28N2O2/c1-29(27(28(31)32)19-16-22-10-3-2-4-11-22)20-9-21-30-25-14-7-5-12-23(25)17-18-24-13-6-8-15-26(24)30/h2-8,10-19,27H,9,20-21H2,1H3,(H,31,32)/b19-16+. The van der Waals surface area contributed by atoms with Crippen molar-refractivity contribution in [2.45, 2.75) is 12.5 Å². The number of carboxylic acid groups (broad SMARTS) is 1. The molecule has 1 atom stereocenters. The number of nitrogens with zero attached hydrogens (tertiary/aromatic N) is 2.